The number of rotatable bonds is 6. The summed E-state index contributed by atoms with van der Waals surface area (Å²) in [4.78, 5) is 5.30. The van der Waals surface area contributed by atoms with Gasteiger partial charge in [0, 0.05) is 21.4 Å². The van der Waals surface area contributed by atoms with Gasteiger partial charge in [0.1, 0.15) is 13.2 Å². The Kier molecular flexibility index (Phi) is 6.25. The first-order valence-corrected chi connectivity index (χ1v) is 9.30. The maximum absolute atomic E-state index is 13.1. The molecule has 2 N–H and O–H groups in total. The van der Waals surface area contributed by atoms with E-state index in [1.807, 2.05) is 0 Å². The van der Waals surface area contributed by atoms with Crippen LogP contribution in [0.3, 0.4) is 0 Å². The molecule has 2 aromatic rings. The fraction of sp³-hybridized carbons (Fsp3) is 0.316. The van der Waals surface area contributed by atoms with Gasteiger partial charge in [0.25, 0.3) is 6.02 Å². The van der Waals surface area contributed by atoms with E-state index in [-0.39, 0.29) is 27.8 Å². The highest BCUT2D eigenvalue weighted by Crippen LogP contribution is 2.33. The van der Waals surface area contributed by atoms with E-state index in [9.17, 15) is 13.2 Å². The summed E-state index contributed by atoms with van der Waals surface area (Å²) < 4.78 is 44.5. The van der Waals surface area contributed by atoms with E-state index in [2.05, 4.69) is 4.99 Å². The predicted octanol–water partition coefficient (Wildman–Crippen LogP) is 5.34. The van der Waals surface area contributed by atoms with Crippen molar-refractivity contribution in [3.8, 4) is 0 Å². The Morgan fingerprint density at radius 2 is 1.71 bits per heavy atom. The molecule has 9 heteroatoms. The Morgan fingerprint density at radius 3 is 2.25 bits per heavy atom. The second-order valence-corrected chi connectivity index (χ2v) is 7.34. The van der Waals surface area contributed by atoms with Crippen LogP contribution in [-0.4, -0.2) is 31.4 Å². The zero-order valence-corrected chi connectivity index (χ0v) is 16.2. The second-order valence-electron chi connectivity index (χ2n) is 6.47. The van der Waals surface area contributed by atoms with Crippen LogP contribution in [0.4, 0.5) is 24.5 Å². The molecule has 0 aromatic heterocycles. The molecule has 0 unspecified atom stereocenters. The molecular weight excluding hydrogens is 414 g/mol. The van der Waals surface area contributed by atoms with Gasteiger partial charge in [0.05, 0.1) is 6.04 Å². The number of hydrogen-bond donors (Lipinski definition) is 1. The Balaban J connectivity index is 1.78. The van der Waals surface area contributed by atoms with Crippen LogP contribution in [0.5, 0.6) is 0 Å². The molecule has 1 aliphatic rings. The zero-order chi connectivity index (χ0) is 20.3. The number of ether oxygens (including phenoxy) is 1. The summed E-state index contributed by atoms with van der Waals surface area (Å²) >= 11 is 11.9. The van der Waals surface area contributed by atoms with Crippen LogP contribution in [0.2, 0.25) is 10.0 Å². The van der Waals surface area contributed by atoms with E-state index in [0.29, 0.717) is 18.7 Å². The van der Waals surface area contributed by atoms with Gasteiger partial charge in [-0.1, -0.05) is 35.3 Å². The van der Waals surface area contributed by atoms with Crippen LogP contribution < -0.4 is 10.6 Å². The molecule has 0 fully saturated rings. The number of alkyl halides is 3. The quantitative estimate of drug-likeness (QED) is 0.671. The number of amidine groups is 1. The number of anilines is 2. The lowest BCUT2D eigenvalue weighted by atomic mass is 10.1. The first-order valence-electron chi connectivity index (χ1n) is 8.55. The van der Waals surface area contributed by atoms with Gasteiger partial charge >= 0.3 is 6.18 Å². The summed E-state index contributed by atoms with van der Waals surface area (Å²) in [7, 11) is 0. The monoisotopic (exact) mass is 431 g/mol. The molecule has 3 rings (SSSR count). The molecule has 4 nitrogen and oxygen atoms in total. The molecule has 0 radical (unpaired) electrons. The number of nitrogens with zero attached hydrogens (tertiary/aromatic N) is 2. The zero-order valence-electron chi connectivity index (χ0n) is 14.7. The van der Waals surface area contributed by atoms with Crippen LogP contribution in [0, 0.1) is 0 Å². The van der Waals surface area contributed by atoms with Crippen molar-refractivity contribution in [2.75, 3.05) is 18.1 Å². The largest absolute Gasteiger partial charge is 0.463 e. The van der Waals surface area contributed by atoms with Gasteiger partial charge in [-0.15, -0.1) is 0 Å². The van der Waals surface area contributed by atoms with E-state index < -0.39 is 12.7 Å². The first kappa shape index (κ1) is 20.6. The minimum atomic E-state index is -4.39. The third kappa shape index (κ3) is 5.69. The van der Waals surface area contributed by atoms with Crippen molar-refractivity contribution in [2.24, 2.45) is 10.7 Å². The summed E-state index contributed by atoms with van der Waals surface area (Å²) in [6.45, 7) is -0.699. The molecule has 0 amide bonds. The van der Waals surface area contributed by atoms with Crippen LogP contribution in [0.1, 0.15) is 12.0 Å². The third-order valence-corrected chi connectivity index (χ3v) is 4.68. The summed E-state index contributed by atoms with van der Waals surface area (Å²) in [6.07, 6.45) is -2.93. The van der Waals surface area contributed by atoms with E-state index in [1.165, 1.54) is 18.2 Å². The molecule has 150 valence electrons. The molecule has 0 saturated carbocycles. The number of aliphatic imine (C=N–C) groups is 1. The lowest BCUT2D eigenvalue weighted by molar-refractivity contribution is -0.118. The smallest absolute Gasteiger partial charge is 0.406 e. The van der Waals surface area contributed by atoms with Gasteiger partial charge < -0.3 is 15.4 Å². The minimum Gasteiger partial charge on any atom is -0.463 e. The fourth-order valence-electron chi connectivity index (χ4n) is 2.97. The Morgan fingerprint density at radius 1 is 1.07 bits per heavy atom. The number of halogens is 5. The Labute approximate surface area is 170 Å². The van der Waals surface area contributed by atoms with Gasteiger partial charge in [-0.3, -0.25) is 0 Å². The van der Waals surface area contributed by atoms with Gasteiger partial charge in [-0.25, -0.2) is 4.99 Å². The summed E-state index contributed by atoms with van der Waals surface area (Å²) in [5.41, 5.74) is 7.14. The topological polar surface area (TPSA) is 50.8 Å². The second kappa shape index (κ2) is 8.49. The summed E-state index contributed by atoms with van der Waals surface area (Å²) in [6, 6.07) is 11.5. The number of hydrogen-bond acceptors (Lipinski definition) is 4. The van der Waals surface area contributed by atoms with E-state index in [1.54, 1.807) is 24.3 Å². The summed E-state index contributed by atoms with van der Waals surface area (Å²) in [5, 5.41) is 0.537. The average molecular weight is 432 g/mol. The average Bonchev–Trinajstić information content (AvgIpc) is 3.02. The van der Waals surface area contributed by atoms with Crippen molar-refractivity contribution in [2.45, 2.75) is 25.1 Å². The van der Waals surface area contributed by atoms with Crippen molar-refractivity contribution >= 4 is 40.6 Å². The number of nitrogens with two attached hydrogens (primary N) is 1. The van der Waals surface area contributed by atoms with E-state index >= 15 is 0 Å². The van der Waals surface area contributed by atoms with Crippen molar-refractivity contribution < 1.29 is 17.9 Å². The van der Waals surface area contributed by atoms with Gasteiger partial charge in [-0.2, -0.15) is 13.2 Å². The Hall–Kier alpha value is -2.12. The van der Waals surface area contributed by atoms with Gasteiger partial charge in [0.2, 0.25) is 0 Å². The Bertz CT molecular complexity index is 836. The predicted molar refractivity (Wildman–Crippen MR) is 106 cm³/mol. The maximum Gasteiger partial charge on any atom is 0.406 e. The van der Waals surface area contributed by atoms with Crippen LogP contribution in [0.15, 0.2) is 47.5 Å². The highest BCUT2D eigenvalue weighted by atomic mass is 35.5. The molecule has 1 heterocycles. The highest BCUT2D eigenvalue weighted by molar-refractivity contribution is 6.35. The fourth-order valence-corrected chi connectivity index (χ4v) is 3.48. The van der Waals surface area contributed by atoms with Crippen molar-refractivity contribution in [1.29, 1.82) is 0 Å². The maximum atomic E-state index is 13.1. The SMILES string of the molecule is NC1=N[C@@H](CCc2ccc(N(CC(F)(F)F)c3cc(Cl)cc(Cl)c3)cc2)CO1. The van der Waals surface area contributed by atoms with Gasteiger partial charge in [0.15, 0.2) is 0 Å². The van der Waals surface area contributed by atoms with Crippen molar-refractivity contribution in [3.63, 3.8) is 0 Å². The third-order valence-electron chi connectivity index (χ3n) is 4.24. The summed E-state index contributed by atoms with van der Waals surface area (Å²) in [5.74, 6) is 0. The molecular formula is C19H18Cl2F3N3O. The lowest BCUT2D eigenvalue weighted by Crippen LogP contribution is -2.30. The molecule has 0 aliphatic carbocycles. The molecule has 0 saturated heterocycles. The molecule has 0 bridgehead atoms. The lowest BCUT2D eigenvalue weighted by Gasteiger charge is -2.26. The standard InChI is InChI=1S/C19H18Cl2F3N3O/c20-13-7-14(21)9-17(8-13)27(11-19(22,23)24)16-5-2-12(3-6-16)1-4-15-10-28-18(25)26-15/h2-3,5-9,15H,1,4,10-11H2,(H2,25,26)/t15-/m0/s1. The van der Waals surface area contributed by atoms with Crippen LogP contribution in [-0.2, 0) is 11.2 Å². The van der Waals surface area contributed by atoms with Crippen LogP contribution in [0.25, 0.3) is 0 Å². The van der Waals surface area contributed by atoms with Crippen molar-refractivity contribution in [3.05, 3.63) is 58.1 Å². The number of benzene rings is 2. The van der Waals surface area contributed by atoms with Gasteiger partial charge in [-0.05, 0) is 48.7 Å². The highest BCUT2D eigenvalue weighted by Gasteiger charge is 2.32. The van der Waals surface area contributed by atoms with E-state index in [4.69, 9.17) is 33.7 Å². The molecule has 28 heavy (non-hydrogen) atoms. The molecule has 1 aliphatic heterocycles. The van der Waals surface area contributed by atoms with Crippen LogP contribution >= 0.6 is 23.2 Å². The molecule has 1 atom stereocenters. The minimum absolute atomic E-state index is 0.00927. The first-order chi connectivity index (χ1) is 13.2. The molecule has 0 spiro atoms. The molecule has 2 aromatic carbocycles. The normalized spacial score (nSPS) is 16.6. The van der Waals surface area contributed by atoms with E-state index in [0.717, 1.165) is 16.9 Å². The van der Waals surface area contributed by atoms with Crippen molar-refractivity contribution in [1.82, 2.24) is 0 Å². The number of aryl methyl sites for hydroxylation is 1.